The van der Waals surface area contributed by atoms with Crippen LogP contribution in [-0.2, 0) is 6.54 Å². The Morgan fingerprint density at radius 2 is 2.09 bits per heavy atom. The predicted molar refractivity (Wildman–Crippen MR) is 76.8 cm³/mol. The van der Waals surface area contributed by atoms with Gasteiger partial charge in [-0.25, -0.2) is 4.98 Å². The molecule has 0 bridgehead atoms. The first-order chi connectivity index (χ1) is 10.6. The molecule has 2 aromatic rings. The number of imidazole rings is 1. The van der Waals surface area contributed by atoms with Crippen molar-refractivity contribution in [2.75, 3.05) is 0 Å². The maximum Gasteiger partial charge on any atom is 0.387 e. The molecule has 0 spiro atoms. The Morgan fingerprint density at radius 1 is 1.36 bits per heavy atom. The van der Waals surface area contributed by atoms with E-state index in [9.17, 15) is 13.6 Å². The van der Waals surface area contributed by atoms with E-state index in [1.807, 2.05) is 17.7 Å². The third-order valence-electron chi connectivity index (χ3n) is 3.16. The van der Waals surface area contributed by atoms with E-state index in [-0.39, 0.29) is 17.7 Å². The molecule has 2 rings (SSSR count). The molecule has 0 fully saturated rings. The quantitative estimate of drug-likeness (QED) is 0.855. The second-order valence-corrected chi connectivity index (χ2v) is 4.74. The lowest BCUT2D eigenvalue weighted by Crippen LogP contribution is -2.37. The molecule has 0 saturated heterocycles. The standard InChI is InChI=1S/C15H17F2N3O2/c1-2-12(9-20-8-7-18-10-20)19-14(21)11-3-5-13(6-4-11)22-15(16)17/h3-8,10,12,15H,2,9H2,1H3,(H,19,21)/t12-/m0/s1. The molecule has 1 atom stereocenters. The summed E-state index contributed by atoms with van der Waals surface area (Å²) < 4.78 is 30.3. The first-order valence-corrected chi connectivity index (χ1v) is 6.90. The van der Waals surface area contributed by atoms with Crippen LogP contribution in [0.2, 0.25) is 0 Å². The fraction of sp³-hybridized carbons (Fsp3) is 0.333. The van der Waals surface area contributed by atoms with Crippen LogP contribution < -0.4 is 10.1 Å². The van der Waals surface area contributed by atoms with E-state index in [4.69, 9.17) is 0 Å². The number of ether oxygens (including phenoxy) is 1. The van der Waals surface area contributed by atoms with Gasteiger partial charge in [0.25, 0.3) is 5.91 Å². The van der Waals surface area contributed by atoms with Crippen molar-refractivity contribution < 1.29 is 18.3 Å². The van der Waals surface area contributed by atoms with E-state index in [1.54, 1.807) is 12.5 Å². The van der Waals surface area contributed by atoms with Gasteiger partial charge in [-0.15, -0.1) is 0 Å². The summed E-state index contributed by atoms with van der Waals surface area (Å²) in [6.07, 6.45) is 5.95. The van der Waals surface area contributed by atoms with Gasteiger partial charge in [-0.3, -0.25) is 4.79 Å². The van der Waals surface area contributed by atoms with Gasteiger partial charge in [0.15, 0.2) is 0 Å². The molecule has 5 nitrogen and oxygen atoms in total. The molecule has 1 N–H and O–H groups in total. The van der Waals surface area contributed by atoms with Crippen molar-refractivity contribution in [1.29, 1.82) is 0 Å². The van der Waals surface area contributed by atoms with E-state index < -0.39 is 6.61 Å². The molecule has 1 amide bonds. The Balaban J connectivity index is 1.95. The smallest absolute Gasteiger partial charge is 0.387 e. The Morgan fingerprint density at radius 3 is 2.64 bits per heavy atom. The number of hydrogen-bond acceptors (Lipinski definition) is 3. The molecular weight excluding hydrogens is 292 g/mol. The lowest BCUT2D eigenvalue weighted by molar-refractivity contribution is -0.0498. The molecule has 0 aliphatic carbocycles. The third-order valence-corrected chi connectivity index (χ3v) is 3.16. The number of hydrogen-bond donors (Lipinski definition) is 1. The summed E-state index contributed by atoms with van der Waals surface area (Å²) in [7, 11) is 0. The maximum atomic E-state index is 12.2. The highest BCUT2D eigenvalue weighted by Gasteiger charge is 2.13. The summed E-state index contributed by atoms with van der Waals surface area (Å²) in [6, 6.07) is 5.56. The molecular formula is C15H17F2N3O2. The maximum absolute atomic E-state index is 12.2. The average Bonchev–Trinajstić information content (AvgIpc) is 2.99. The Hall–Kier alpha value is -2.44. The molecule has 0 aliphatic rings. The highest BCUT2D eigenvalue weighted by Crippen LogP contribution is 2.15. The van der Waals surface area contributed by atoms with E-state index in [1.165, 1.54) is 24.3 Å². The lowest BCUT2D eigenvalue weighted by Gasteiger charge is -2.17. The van der Waals surface area contributed by atoms with Gasteiger partial charge in [0.1, 0.15) is 5.75 Å². The predicted octanol–water partition coefficient (Wildman–Crippen LogP) is 2.69. The normalized spacial score (nSPS) is 12.2. The van der Waals surface area contributed by atoms with Crippen LogP contribution in [0.3, 0.4) is 0 Å². The van der Waals surface area contributed by atoms with Crippen molar-refractivity contribution >= 4 is 5.91 Å². The number of halogens is 2. The van der Waals surface area contributed by atoms with Gasteiger partial charge in [0.2, 0.25) is 0 Å². The van der Waals surface area contributed by atoms with E-state index in [2.05, 4.69) is 15.0 Å². The number of rotatable bonds is 7. The highest BCUT2D eigenvalue weighted by atomic mass is 19.3. The van der Waals surface area contributed by atoms with E-state index >= 15 is 0 Å². The van der Waals surface area contributed by atoms with Gasteiger partial charge in [0.05, 0.1) is 6.33 Å². The number of alkyl halides is 2. The van der Waals surface area contributed by atoms with Crippen LogP contribution in [0, 0.1) is 0 Å². The van der Waals surface area contributed by atoms with Gasteiger partial charge in [-0.05, 0) is 30.7 Å². The minimum Gasteiger partial charge on any atom is -0.435 e. The Bertz CT molecular complexity index is 585. The number of nitrogens with one attached hydrogen (secondary N) is 1. The second kappa shape index (κ2) is 7.53. The summed E-state index contributed by atoms with van der Waals surface area (Å²) >= 11 is 0. The first-order valence-electron chi connectivity index (χ1n) is 6.90. The fourth-order valence-electron chi connectivity index (χ4n) is 1.98. The molecule has 7 heteroatoms. The monoisotopic (exact) mass is 309 g/mol. The second-order valence-electron chi connectivity index (χ2n) is 4.74. The van der Waals surface area contributed by atoms with Gasteiger partial charge in [-0.1, -0.05) is 6.92 Å². The van der Waals surface area contributed by atoms with Gasteiger partial charge in [0, 0.05) is 30.5 Å². The van der Waals surface area contributed by atoms with Crippen LogP contribution >= 0.6 is 0 Å². The fourth-order valence-corrected chi connectivity index (χ4v) is 1.98. The number of carbonyl (C=O) groups excluding carboxylic acids is 1. The minimum atomic E-state index is -2.88. The van der Waals surface area contributed by atoms with Crippen LogP contribution in [0.5, 0.6) is 5.75 Å². The summed E-state index contributed by atoms with van der Waals surface area (Å²) in [5.74, 6) is -0.229. The summed E-state index contributed by atoms with van der Waals surface area (Å²) in [4.78, 5) is 16.1. The Labute approximate surface area is 126 Å². The van der Waals surface area contributed by atoms with Crippen LogP contribution in [0.1, 0.15) is 23.7 Å². The third kappa shape index (κ3) is 4.54. The molecule has 1 heterocycles. The molecule has 0 unspecified atom stereocenters. The molecule has 0 aliphatic heterocycles. The van der Waals surface area contributed by atoms with Crippen molar-refractivity contribution in [1.82, 2.24) is 14.9 Å². The zero-order valence-electron chi connectivity index (χ0n) is 12.1. The first kappa shape index (κ1) is 15.9. The van der Waals surface area contributed by atoms with Crippen molar-refractivity contribution in [3.63, 3.8) is 0 Å². The topological polar surface area (TPSA) is 56.2 Å². The molecule has 0 radical (unpaired) electrons. The molecule has 118 valence electrons. The lowest BCUT2D eigenvalue weighted by atomic mass is 10.1. The zero-order chi connectivity index (χ0) is 15.9. The summed E-state index contributed by atoms with van der Waals surface area (Å²) in [5.41, 5.74) is 0.394. The summed E-state index contributed by atoms with van der Waals surface area (Å²) in [5, 5.41) is 2.90. The average molecular weight is 309 g/mol. The van der Waals surface area contributed by atoms with Gasteiger partial charge in [-0.2, -0.15) is 8.78 Å². The molecule has 22 heavy (non-hydrogen) atoms. The van der Waals surface area contributed by atoms with Crippen LogP contribution in [0.25, 0.3) is 0 Å². The van der Waals surface area contributed by atoms with Gasteiger partial charge < -0.3 is 14.6 Å². The Kier molecular flexibility index (Phi) is 5.46. The number of carbonyl (C=O) groups is 1. The number of aromatic nitrogens is 2. The van der Waals surface area contributed by atoms with Crippen molar-refractivity contribution in [3.05, 3.63) is 48.5 Å². The van der Waals surface area contributed by atoms with Crippen molar-refractivity contribution in [2.24, 2.45) is 0 Å². The van der Waals surface area contributed by atoms with Crippen LogP contribution in [-0.4, -0.2) is 28.1 Å². The van der Waals surface area contributed by atoms with Gasteiger partial charge >= 0.3 is 6.61 Å². The zero-order valence-corrected chi connectivity index (χ0v) is 12.1. The van der Waals surface area contributed by atoms with E-state index in [0.29, 0.717) is 12.1 Å². The van der Waals surface area contributed by atoms with E-state index in [0.717, 1.165) is 6.42 Å². The van der Waals surface area contributed by atoms with Crippen molar-refractivity contribution in [2.45, 2.75) is 32.5 Å². The molecule has 0 saturated carbocycles. The van der Waals surface area contributed by atoms with Crippen molar-refractivity contribution in [3.8, 4) is 5.75 Å². The summed E-state index contributed by atoms with van der Waals surface area (Å²) in [6.45, 7) is -0.282. The number of benzene rings is 1. The number of nitrogens with zero attached hydrogens (tertiary/aromatic N) is 2. The minimum absolute atomic E-state index is 0.0250. The SMILES string of the molecule is CC[C@@H](Cn1ccnc1)NC(=O)c1ccc(OC(F)F)cc1. The number of amides is 1. The molecule has 1 aromatic heterocycles. The highest BCUT2D eigenvalue weighted by molar-refractivity contribution is 5.94. The van der Waals surface area contributed by atoms with Crippen LogP contribution in [0.4, 0.5) is 8.78 Å². The van der Waals surface area contributed by atoms with Crippen LogP contribution in [0.15, 0.2) is 43.0 Å². The molecule has 1 aromatic carbocycles. The largest absolute Gasteiger partial charge is 0.435 e.